The molecule has 2 atom stereocenters. The van der Waals surface area contributed by atoms with E-state index in [1.807, 2.05) is 19.2 Å². The molecule has 2 unspecified atom stereocenters. The third-order valence-corrected chi connectivity index (χ3v) is 3.60. The number of ether oxygens (including phenoxy) is 1. The molecule has 2 heterocycles. The van der Waals surface area contributed by atoms with Gasteiger partial charge in [-0.1, -0.05) is 24.3 Å². The molecule has 0 fully saturated rings. The van der Waals surface area contributed by atoms with Gasteiger partial charge in [-0.05, 0) is 36.1 Å². The Morgan fingerprint density at radius 2 is 2.21 bits per heavy atom. The van der Waals surface area contributed by atoms with Gasteiger partial charge in [-0.15, -0.1) is 0 Å². The Balaban J connectivity index is 2.16. The molecule has 19 heavy (non-hydrogen) atoms. The molecule has 1 aromatic heterocycles. The molecule has 0 saturated heterocycles. The summed E-state index contributed by atoms with van der Waals surface area (Å²) in [5.74, 6) is 0. The van der Waals surface area contributed by atoms with E-state index >= 15 is 0 Å². The van der Waals surface area contributed by atoms with Gasteiger partial charge in [-0.25, -0.2) is 0 Å². The minimum absolute atomic E-state index is 0.0168. The highest BCUT2D eigenvalue weighted by Gasteiger charge is 2.27. The summed E-state index contributed by atoms with van der Waals surface area (Å²) >= 11 is 0. The predicted molar refractivity (Wildman–Crippen MR) is 75.7 cm³/mol. The van der Waals surface area contributed by atoms with Crippen molar-refractivity contribution < 1.29 is 4.74 Å². The largest absolute Gasteiger partial charge is 0.372 e. The van der Waals surface area contributed by atoms with E-state index in [1.54, 1.807) is 6.20 Å². The molecule has 0 radical (unpaired) electrons. The Kier molecular flexibility index (Phi) is 3.32. The molecule has 98 valence electrons. The first kappa shape index (κ1) is 12.3. The molecule has 1 aromatic carbocycles. The second-order valence-corrected chi connectivity index (χ2v) is 5.02. The molecular formula is C16H18N2O. The van der Waals surface area contributed by atoms with E-state index in [2.05, 4.69) is 29.2 Å². The highest BCUT2D eigenvalue weighted by Crippen LogP contribution is 2.36. The zero-order valence-corrected chi connectivity index (χ0v) is 11.0. The number of aromatic nitrogens is 1. The number of hydrogen-bond donors (Lipinski definition) is 1. The van der Waals surface area contributed by atoms with Crippen LogP contribution in [0.25, 0.3) is 11.1 Å². The summed E-state index contributed by atoms with van der Waals surface area (Å²) in [6, 6.07) is 10.4. The van der Waals surface area contributed by atoms with Gasteiger partial charge in [0.1, 0.15) is 0 Å². The number of hydrogen-bond acceptors (Lipinski definition) is 3. The van der Waals surface area contributed by atoms with Crippen LogP contribution in [0.5, 0.6) is 0 Å². The zero-order chi connectivity index (χ0) is 13.2. The minimum Gasteiger partial charge on any atom is -0.372 e. The van der Waals surface area contributed by atoms with Gasteiger partial charge in [-0.3, -0.25) is 4.98 Å². The number of nitrogens with two attached hydrogens (primary N) is 1. The Labute approximate surface area is 113 Å². The topological polar surface area (TPSA) is 48.1 Å². The maximum Gasteiger partial charge on any atom is 0.0981 e. The van der Waals surface area contributed by atoms with Crippen molar-refractivity contribution in [3.63, 3.8) is 0 Å². The molecule has 0 bridgehead atoms. The van der Waals surface area contributed by atoms with Gasteiger partial charge in [0.2, 0.25) is 0 Å². The van der Waals surface area contributed by atoms with E-state index in [0.29, 0.717) is 0 Å². The fraction of sp³-hybridized carbons (Fsp3) is 0.312. The van der Waals surface area contributed by atoms with Crippen LogP contribution < -0.4 is 5.73 Å². The molecule has 2 N–H and O–H groups in total. The Bertz CT molecular complexity index is 566. The maximum atomic E-state index is 6.09. The Hall–Kier alpha value is -1.71. The fourth-order valence-corrected chi connectivity index (χ4v) is 2.73. The van der Waals surface area contributed by atoms with Crippen LogP contribution in [0, 0.1) is 0 Å². The number of pyridine rings is 1. The highest BCUT2D eigenvalue weighted by atomic mass is 16.5. The van der Waals surface area contributed by atoms with Crippen molar-refractivity contribution in [2.75, 3.05) is 6.61 Å². The standard InChI is InChI=1S/C16H18N2O/c1-11(17)16-15-12(7-9-19-16)4-2-6-14(15)13-5-3-8-18-10-13/h2-6,8,10-11,16H,7,9,17H2,1H3. The lowest BCUT2D eigenvalue weighted by Gasteiger charge is -2.31. The summed E-state index contributed by atoms with van der Waals surface area (Å²) in [6.45, 7) is 2.75. The SMILES string of the molecule is CC(N)C1OCCc2cccc(-c3cccnc3)c21. The van der Waals surface area contributed by atoms with Crippen LogP contribution in [0.15, 0.2) is 42.7 Å². The van der Waals surface area contributed by atoms with Crippen molar-refractivity contribution in [2.24, 2.45) is 5.73 Å². The van der Waals surface area contributed by atoms with Crippen molar-refractivity contribution in [3.05, 3.63) is 53.9 Å². The lowest BCUT2D eigenvalue weighted by atomic mass is 9.87. The monoisotopic (exact) mass is 254 g/mol. The third-order valence-electron chi connectivity index (χ3n) is 3.60. The summed E-state index contributed by atoms with van der Waals surface area (Å²) < 4.78 is 5.88. The summed E-state index contributed by atoms with van der Waals surface area (Å²) in [6.07, 6.45) is 4.60. The van der Waals surface area contributed by atoms with Gasteiger partial charge in [0.25, 0.3) is 0 Å². The second-order valence-electron chi connectivity index (χ2n) is 5.02. The molecule has 0 amide bonds. The van der Waals surface area contributed by atoms with Crippen molar-refractivity contribution in [1.29, 1.82) is 0 Å². The highest BCUT2D eigenvalue weighted by molar-refractivity contribution is 5.69. The van der Waals surface area contributed by atoms with Crippen molar-refractivity contribution >= 4 is 0 Å². The predicted octanol–water partition coefficient (Wildman–Crippen LogP) is 2.71. The molecule has 0 aliphatic carbocycles. The Morgan fingerprint density at radius 1 is 1.32 bits per heavy atom. The molecule has 3 rings (SSSR count). The molecule has 1 aliphatic rings. The first-order valence-corrected chi connectivity index (χ1v) is 6.67. The third kappa shape index (κ3) is 2.27. The van der Waals surface area contributed by atoms with E-state index in [1.165, 1.54) is 16.7 Å². The van der Waals surface area contributed by atoms with E-state index in [-0.39, 0.29) is 12.1 Å². The molecule has 3 nitrogen and oxygen atoms in total. The molecular weight excluding hydrogens is 236 g/mol. The molecule has 0 saturated carbocycles. The summed E-state index contributed by atoms with van der Waals surface area (Å²) in [5.41, 5.74) is 11.0. The fourth-order valence-electron chi connectivity index (χ4n) is 2.73. The van der Waals surface area contributed by atoms with Crippen LogP contribution >= 0.6 is 0 Å². The van der Waals surface area contributed by atoms with Crippen LogP contribution in [-0.4, -0.2) is 17.6 Å². The van der Waals surface area contributed by atoms with E-state index in [0.717, 1.165) is 18.6 Å². The van der Waals surface area contributed by atoms with Crippen LogP contribution in [-0.2, 0) is 11.2 Å². The van der Waals surface area contributed by atoms with Gasteiger partial charge < -0.3 is 10.5 Å². The van der Waals surface area contributed by atoms with Crippen LogP contribution in [0.2, 0.25) is 0 Å². The number of fused-ring (bicyclic) bond motifs is 1. The van der Waals surface area contributed by atoms with Crippen LogP contribution in [0.3, 0.4) is 0 Å². The normalized spacial score (nSPS) is 19.8. The van der Waals surface area contributed by atoms with E-state index in [4.69, 9.17) is 10.5 Å². The zero-order valence-electron chi connectivity index (χ0n) is 11.0. The average Bonchev–Trinajstić information content (AvgIpc) is 2.46. The number of nitrogens with zero attached hydrogens (tertiary/aromatic N) is 1. The minimum atomic E-state index is -0.0276. The molecule has 3 heteroatoms. The average molecular weight is 254 g/mol. The lowest BCUT2D eigenvalue weighted by Crippen LogP contribution is -2.31. The molecule has 1 aliphatic heterocycles. The van der Waals surface area contributed by atoms with Gasteiger partial charge in [-0.2, -0.15) is 0 Å². The second kappa shape index (κ2) is 5.11. The summed E-state index contributed by atoms with van der Waals surface area (Å²) in [4.78, 5) is 4.21. The maximum absolute atomic E-state index is 6.09. The summed E-state index contributed by atoms with van der Waals surface area (Å²) in [7, 11) is 0. The van der Waals surface area contributed by atoms with E-state index < -0.39 is 0 Å². The van der Waals surface area contributed by atoms with Crippen LogP contribution in [0.1, 0.15) is 24.2 Å². The van der Waals surface area contributed by atoms with Gasteiger partial charge in [0.05, 0.1) is 12.7 Å². The summed E-state index contributed by atoms with van der Waals surface area (Å²) in [5, 5.41) is 0. The van der Waals surface area contributed by atoms with Gasteiger partial charge in [0.15, 0.2) is 0 Å². The molecule has 0 spiro atoms. The van der Waals surface area contributed by atoms with Gasteiger partial charge >= 0.3 is 0 Å². The first-order valence-electron chi connectivity index (χ1n) is 6.67. The van der Waals surface area contributed by atoms with Crippen molar-refractivity contribution in [1.82, 2.24) is 4.98 Å². The van der Waals surface area contributed by atoms with E-state index in [9.17, 15) is 0 Å². The quantitative estimate of drug-likeness (QED) is 0.896. The van der Waals surface area contributed by atoms with Gasteiger partial charge in [0, 0.05) is 24.0 Å². The Morgan fingerprint density at radius 3 is 2.95 bits per heavy atom. The smallest absolute Gasteiger partial charge is 0.0981 e. The van der Waals surface area contributed by atoms with Crippen molar-refractivity contribution in [2.45, 2.75) is 25.5 Å². The van der Waals surface area contributed by atoms with Crippen LogP contribution in [0.4, 0.5) is 0 Å². The van der Waals surface area contributed by atoms with Crippen molar-refractivity contribution in [3.8, 4) is 11.1 Å². The lowest BCUT2D eigenvalue weighted by molar-refractivity contribution is 0.0289. The number of rotatable bonds is 2. The number of benzene rings is 1. The molecule has 2 aromatic rings. The first-order chi connectivity index (χ1) is 9.27.